The molecular weight excluding hydrogens is 326 g/mol. The van der Waals surface area contributed by atoms with Gasteiger partial charge < -0.3 is 14.8 Å². The summed E-state index contributed by atoms with van der Waals surface area (Å²) in [6.45, 7) is 3.33. The zero-order valence-corrected chi connectivity index (χ0v) is 14.4. The second kappa shape index (κ2) is 8.27. The minimum absolute atomic E-state index is 0.107. The van der Waals surface area contributed by atoms with Crippen LogP contribution in [0.1, 0.15) is 30.8 Å². The molecule has 0 radical (unpaired) electrons. The van der Waals surface area contributed by atoms with E-state index < -0.39 is 30.5 Å². The third-order valence-corrected chi connectivity index (χ3v) is 3.53. The molecule has 8 nitrogen and oxygen atoms in total. The lowest BCUT2D eigenvalue weighted by Crippen LogP contribution is -2.44. The van der Waals surface area contributed by atoms with Crippen LogP contribution in [0.25, 0.3) is 10.9 Å². The third-order valence-electron chi connectivity index (χ3n) is 3.53. The number of hydrogen-bond acceptors (Lipinski definition) is 6. The van der Waals surface area contributed by atoms with Gasteiger partial charge in [0.05, 0.1) is 12.6 Å². The Labute approximate surface area is 144 Å². The normalized spacial score (nSPS) is 12.0. The zero-order chi connectivity index (χ0) is 18.4. The van der Waals surface area contributed by atoms with Crippen molar-refractivity contribution in [3.63, 3.8) is 0 Å². The van der Waals surface area contributed by atoms with Crippen molar-refractivity contribution in [1.82, 2.24) is 15.5 Å². The maximum atomic E-state index is 12.1. The summed E-state index contributed by atoms with van der Waals surface area (Å²) in [6, 6.07) is 6.31. The van der Waals surface area contributed by atoms with Crippen LogP contribution in [0.3, 0.4) is 0 Å². The number of para-hydroxylation sites is 1. The minimum atomic E-state index is -0.776. The van der Waals surface area contributed by atoms with E-state index in [1.165, 1.54) is 7.11 Å². The number of nitrogens with one attached hydrogen (secondary N) is 2. The number of H-pyrrole nitrogens is 1. The van der Waals surface area contributed by atoms with E-state index in [0.717, 1.165) is 0 Å². The van der Waals surface area contributed by atoms with Gasteiger partial charge >= 0.3 is 11.9 Å². The van der Waals surface area contributed by atoms with Gasteiger partial charge in [-0.05, 0) is 18.4 Å². The molecule has 1 aromatic carbocycles. The van der Waals surface area contributed by atoms with Crippen LogP contribution in [0, 0.1) is 5.92 Å². The van der Waals surface area contributed by atoms with Crippen molar-refractivity contribution in [1.29, 1.82) is 0 Å². The first-order valence-corrected chi connectivity index (χ1v) is 7.89. The Kier molecular flexibility index (Phi) is 6.10. The van der Waals surface area contributed by atoms with Crippen LogP contribution < -0.4 is 5.32 Å². The van der Waals surface area contributed by atoms with Gasteiger partial charge in [0.1, 0.15) is 6.04 Å². The van der Waals surface area contributed by atoms with Crippen molar-refractivity contribution < 1.29 is 23.9 Å². The van der Waals surface area contributed by atoms with Crippen molar-refractivity contribution in [2.24, 2.45) is 5.92 Å². The van der Waals surface area contributed by atoms with E-state index >= 15 is 0 Å². The average molecular weight is 347 g/mol. The number of ether oxygens (including phenoxy) is 2. The van der Waals surface area contributed by atoms with Gasteiger partial charge in [0.15, 0.2) is 12.3 Å². The van der Waals surface area contributed by atoms with Crippen molar-refractivity contribution in [3.05, 3.63) is 30.0 Å². The van der Waals surface area contributed by atoms with Gasteiger partial charge in [-0.1, -0.05) is 32.0 Å². The van der Waals surface area contributed by atoms with Crippen LogP contribution in [-0.4, -0.2) is 47.8 Å². The van der Waals surface area contributed by atoms with Crippen LogP contribution in [0.2, 0.25) is 0 Å². The molecule has 0 unspecified atom stereocenters. The Balaban J connectivity index is 1.94. The monoisotopic (exact) mass is 347 g/mol. The van der Waals surface area contributed by atoms with E-state index in [2.05, 4.69) is 20.3 Å². The predicted molar refractivity (Wildman–Crippen MR) is 89.8 cm³/mol. The third kappa shape index (κ3) is 4.79. The molecule has 0 aliphatic rings. The lowest BCUT2D eigenvalue weighted by molar-refractivity contribution is -0.145. The lowest BCUT2D eigenvalue weighted by Gasteiger charge is -2.18. The van der Waals surface area contributed by atoms with Crippen LogP contribution in [0.4, 0.5) is 0 Å². The number of aromatic nitrogens is 2. The van der Waals surface area contributed by atoms with Crippen LogP contribution >= 0.6 is 0 Å². The maximum Gasteiger partial charge on any atom is 0.359 e. The second-order valence-corrected chi connectivity index (χ2v) is 5.97. The van der Waals surface area contributed by atoms with Gasteiger partial charge in [-0.25, -0.2) is 9.59 Å². The highest BCUT2D eigenvalue weighted by atomic mass is 16.5. The topological polar surface area (TPSA) is 110 Å². The number of carbonyl (C=O) groups is 3. The number of carbonyl (C=O) groups excluding carboxylic acids is 3. The molecule has 0 fully saturated rings. The van der Waals surface area contributed by atoms with Gasteiger partial charge in [0.25, 0.3) is 5.91 Å². The lowest BCUT2D eigenvalue weighted by atomic mass is 10.0. The maximum absolute atomic E-state index is 12.1. The van der Waals surface area contributed by atoms with Gasteiger partial charge in [-0.15, -0.1) is 0 Å². The fourth-order valence-corrected chi connectivity index (χ4v) is 2.38. The van der Waals surface area contributed by atoms with Crippen molar-refractivity contribution in [2.45, 2.75) is 26.3 Å². The SMILES string of the molecule is COC(=O)[C@H](CC(C)C)NC(=O)COC(=O)c1n[nH]c2ccccc12. The number of rotatable bonds is 7. The Bertz CT molecular complexity index is 768. The first kappa shape index (κ1) is 18.4. The van der Waals surface area contributed by atoms with E-state index in [1.807, 2.05) is 19.9 Å². The van der Waals surface area contributed by atoms with Gasteiger partial charge in [-0.3, -0.25) is 9.89 Å². The van der Waals surface area contributed by atoms with E-state index in [9.17, 15) is 14.4 Å². The zero-order valence-electron chi connectivity index (χ0n) is 14.4. The van der Waals surface area contributed by atoms with Crippen molar-refractivity contribution in [2.75, 3.05) is 13.7 Å². The Morgan fingerprint density at radius 1 is 1.24 bits per heavy atom. The number of nitrogens with zero attached hydrogens (tertiary/aromatic N) is 1. The molecule has 1 atom stereocenters. The fraction of sp³-hybridized carbons (Fsp3) is 0.412. The molecule has 2 N–H and O–H groups in total. The molecule has 0 spiro atoms. The number of amides is 1. The van der Waals surface area contributed by atoms with E-state index in [-0.39, 0.29) is 11.6 Å². The predicted octanol–water partition coefficient (Wildman–Crippen LogP) is 1.42. The summed E-state index contributed by atoms with van der Waals surface area (Å²) in [7, 11) is 1.25. The highest BCUT2D eigenvalue weighted by Gasteiger charge is 2.23. The largest absolute Gasteiger partial charge is 0.467 e. The Morgan fingerprint density at radius 2 is 1.96 bits per heavy atom. The van der Waals surface area contributed by atoms with Crippen LogP contribution in [0.5, 0.6) is 0 Å². The van der Waals surface area contributed by atoms with E-state index in [1.54, 1.807) is 18.2 Å². The van der Waals surface area contributed by atoms with Gasteiger partial charge in [-0.2, -0.15) is 5.10 Å². The second-order valence-electron chi connectivity index (χ2n) is 5.97. The standard InChI is InChI=1S/C17H21N3O5/c1-10(2)8-13(16(22)24-3)18-14(21)9-25-17(23)15-11-6-4-5-7-12(11)19-20-15/h4-7,10,13H,8-9H2,1-3H3,(H,18,21)(H,19,20)/t13-/m0/s1. The minimum Gasteiger partial charge on any atom is -0.467 e. The number of aromatic amines is 1. The Hall–Kier alpha value is -2.90. The highest BCUT2D eigenvalue weighted by molar-refractivity contribution is 6.02. The molecule has 1 amide bonds. The molecule has 1 aromatic heterocycles. The molecule has 8 heteroatoms. The number of fused-ring (bicyclic) bond motifs is 1. The summed E-state index contributed by atoms with van der Waals surface area (Å²) in [6.07, 6.45) is 0.427. The summed E-state index contributed by atoms with van der Waals surface area (Å²) < 4.78 is 9.66. The highest BCUT2D eigenvalue weighted by Crippen LogP contribution is 2.15. The summed E-state index contributed by atoms with van der Waals surface area (Å²) in [4.78, 5) is 35.8. The van der Waals surface area contributed by atoms with Crippen molar-refractivity contribution >= 4 is 28.7 Å². The number of methoxy groups -OCH3 is 1. The molecule has 1 heterocycles. The van der Waals surface area contributed by atoms with E-state index in [0.29, 0.717) is 17.3 Å². The molecular formula is C17H21N3O5. The number of benzene rings is 1. The molecule has 0 bridgehead atoms. The Morgan fingerprint density at radius 3 is 2.64 bits per heavy atom. The summed E-state index contributed by atoms with van der Waals surface area (Å²) in [5.41, 5.74) is 0.802. The molecule has 0 saturated heterocycles. The van der Waals surface area contributed by atoms with Crippen LogP contribution in [-0.2, 0) is 19.1 Å². The number of esters is 2. The first-order valence-electron chi connectivity index (χ1n) is 7.89. The molecule has 25 heavy (non-hydrogen) atoms. The van der Waals surface area contributed by atoms with Gasteiger partial charge in [0, 0.05) is 5.39 Å². The van der Waals surface area contributed by atoms with Crippen LogP contribution in [0.15, 0.2) is 24.3 Å². The van der Waals surface area contributed by atoms with Crippen molar-refractivity contribution in [3.8, 4) is 0 Å². The molecule has 2 rings (SSSR count). The first-order chi connectivity index (χ1) is 11.9. The fourth-order valence-electron chi connectivity index (χ4n) is 2.38. The van der Waals surface area contributed by atoms with E-state index in [4.69, 9.17) is 4.74 Å². The molecule has 0 aliphatic carbocycles. The molecule has 0 aliphatic heterocycles. The molecule has 2 aromatic rings. The average Bonchev–Trinajstić information content (AvgIpc) is 3.02. The summed E-state index contributed by atoms with van der Waals surface area (Å²) >= 11 is 0. The molecule has 134 valence electrons. The smallest absolute Gasteiger partial charge is 0.359 e. The number of hydrogen-bond donors (Lipinski definition) is 2. The van der Waals surface area contributed by atoms with Gasteiger partial charge in [0.2, 0.25) is 0 Å². The molecule has 0 saturated carbocycles. The quantitative estimate of drug-likeness (QED) is 0.733. The summed E-state index contributed by atoms with van der Waals surface area (Å²) in [5.74, 6) is -1.65. The summed E-state index contributed by atoms with van der Waals surface area (Å²) in [5, 5.41) is 9.76.